The smallest absolute Gasteiger partial charge is 0.402 e. The van der Waals surface area contributed by atoms with Gasteiger partial charge in [-0.05, 0) is 17.9 Å². The van der Waals surface area contributed by atoms with Crippen molar-refractivity contribution in [3.8, 4) is 11.6 Å². The van der Waals surface area contributed by atoms with Gasteiger partial charge in [-0.2, -0.15) is 13.2 Å². The molecule has 1 aliphatic heterocycles. The number of aromatic nitrogens is 3. The van der Waals surface area contributed by atoms with Crippen molar-refractivity contribution < 1.29 is 27.1 Å². The van der Waals surface area contributed by atoms with Crippen LogP contribution in [0.15, 0.2) is 64.0 Å². The Morgan fingerprint density at radius 2 is 1.87 bits per heavy atom. The third-order valence-corrected chi connectivity index (χ3v) is 7.90. The standard InChI is InChI=1S/C27H22F3N5O3S/c1-37-13-16-11-18(16)22-21(32-25(39-22)27(28,29)30)24-34-35-26(38-24)33-23-19(36)12-15-9-5-6-10-17(15)20(31-23)14-7-3-2-4-8-14/h2-10,16,18,23H,11-13H2,1H3,(H,33,35)/t16-,18+,23-/m1/s1. The van der Waals surface area contributed by atoms with Crippen LogP contribution in [0.3, 0.4) is 0 Å². The first-order valence-corrected chi connectivity index (χ1v) is 13.0. The lowest BCUT2D eigenvalue weighted by Gasteiger charge is -2.11. The van der Waals surface area contributed by atoms with Crippen LogP contribution in [-0.2, 0) is 22.1 Å². The summed E-state index contributed by atoms with van der Waals surface area (Å²) < 4.78 is 51.4. The Balaban J connectivity index is 1.32. The molecule has 6 rings (SSSR count). The topological polar surface area (TPSA) is 103 Å². The highest BCUT2D eigenvalue weighted by molar-refractivity contribution is 7.12. The summed E-state index contributed by atoms with van der Waals surface area (Å²) >= 11 is 0.585. The molecule has 1 N–H and O–H groups in total. The maximum atomic E-state index is 13.5. The fraction of sp³-hybridized carbons (Fsp3) is 0.296. The molecular formula is C27H22F3N5O3S. The second-order valence-corrected chi connectivity index (χ2v) is 10.4. The summed E-state index contributed by atoms with van der Waals surface area (Å²) in [5.41, 5.74) is 3.14. The minimum absolute atomic E-state index is 0.00421. The third-order valence-electron chi connectivity index (χ3n) is 6.67. The van der Waals surface area contributed by atoms with Crippen molar-refractivity contribution in [3.05, 3.63) is 81.2 Å². The SMILES string of the molecule is COC[C@H]1C[C@@H]1c1sc(C(F)(F)F)nc1-c1nnc(N[C@H]2N=C(c3ccccc3)c3ccccc3CC2=O)o1. The van der Waals surface area contributed by atoms with E-state index >= 15 is 0 Å². The van der Waals surface area contributed by atoms with Gasteiger partial charge in [0.25, 0.3) is 5.89 Å². The predicted molar refractivity (Wildman–Crippen MR) is 138 cm³/mol. The van der Waals surface area contributed by atoms with Gasteiger partial charge in [-0.3, -0.25) is 9.79 Å². The van der Waals surface area contributed by atoms with Crippen molar-refractivity contribution in [1.82, 2.24) is 15.2 Å². The molecule has 1 aliphatic carbocycles. The zero-order valence-corrected chi connectivity index (χ0v) is 21.4. The predicted octanol–water partition coefficient (Wildman–Crippen LogP) is 5.36. The number of carbonyl (C=O) groups excluding carboxylic acids is 1. The Morgan fingerprint density at radius 1 is 1.10 bits per heavy atom. The maximum Gasteiger partial charge on any atom is 0.443 e. The van der Waals surface area contributed by atoms with Crippen LogP contribution >= 0.6 is 11.3 Å². The molecule has 39 heavy (non-hydrogen) atoms. The number of methoxy groups -OCH3 is 1. The number of alkyl halides is 3. The van der Waals surface area contributed by atoms with Crippen LogP contribution in [0.2, 0.25) is 0 Å². The first-order valence-electron chi connectivity index (χ1n) is 12.2. The molecule has 0 saturated heterocycles. The van der Waals surface area contributed by atoms with E-state index in [0.717, 1.165) is 16.7 Å². The molecular weight excluding hydrogens is 531 g/mol. The minimum atomic E-state index is -4.60. The average Bonchev–Trinajstić information content (AvgIpc) is 3.33. The number of halogens is 3. The number of ether oxygens (including phenoxy) is 1. The number of carbonyl (C=O) groups is 1. The van der Waals surface area contributed by atoms with E-state index in [9.17, 15) is 18.0 Å². The number of nitrogens with one attached hydrogen (secondary N) is 1. The Labute approximate surface area is 225 Å². The Hall–Kier alpha value is -3.90. The molecule has 4 aromatic rings. The molecule has 3 heterocycles. The second-order valence-electron chi connectivity index (χ2n) is 9.39. The highest BCUT2D eigenvalue weighted by atomic mass is 32.1. The van der Waals surface area contributed by atoms with Crippen LogP contribution in [0.25, 0.3) is 11.6 Å². The van der Waals surface area contributed by atoms with Gasteiger partial charge in [0.15, 0.2) is 17.0 Å². The number of anilines is 1. The number of rotatable bonds is 7. The van der Waals surface area contributed by atoms with Gasteiger partial charge in [0, 0.05) is 42.1 Å². The molecule has 12 heteroatoms. The van der Waals surface area contributed by atoms with Gasteiger partial charge in [0.05, 0.1) is 5.71 Å². The zero-order valence-electron chi connectivity index (χ0n) is 20.6. The molecule has 2 aromatic carbocycles. The van der Waals surface area contributed by atoms with Crippen LogP contribution in [0.4, 0.5) is 19.2 Å². The van der Waals surface area contributed by atoms with E-state index in [-0.39, 0.29) is 41.6 Å². The fourth-order valence-electron chi connectivity index (χ4n) is 4.72. The van der Waals surface area contributed by atoms with Crippen molar-refractivity contribution in [2.75, 3.05) is 19.0 Å². The summed E-state index contributed by atoms with van der Waals surface area (Å²) in [6.45, 7) is 0.438. The van der Waals surface area contributed by atoms with Gasteiger partial charge in [0.2, 0.25) is 0 Å². The first kappa shape index (κ1) is 25.4. The van der Waals surface area contributed by atoms with Crippen LogP contribution in [-0.4, -0.2) is 46.6 Å². The number of thiazole rings is 1. The summed E-state index contributed by atoms with van der Waals surface area (Å²) in [7, 11) is 1.55. The van der Waals surface area contributed by atoms with Gasteiger partial charge in [-0.15, -0.1) is 16.4 Å². The molecule has 0 amide bonds. The van der Waals surface area contributed by atoms with E-state index in [4.69, 9.17) is 14.1 Å². The van der Waals surface area contributed by atoms with Crippen molar-refractivity contribution >= 4 is 28.8 Å². The van der Waals surface area contributed by atoms with Crippen molar-refractivity contribution in [2.45, 2.75) is 31.1 Å². The number of ketones is 1. The van der Waals surface area contributed by atoms with E-state index in [1.165, 1.54) is 0 Å². The number of hydrogen-bond donors (Lipinski definition) is 1. The first-order chi connectivity index (χ1) is 18.8. The molecule has 0 spiro atoms. The van der Waals surface area contributed by atoms with Gasteiger partial charge in [-0.25, -0.2) is 4.98 Å². The largest absolute Gasteiger partial charge is 0.443 e. The number of nitrogens with zero attached hydrogens (tertiary/aromatic N) is 4. The van der Waals surface area contributed by atoms with Crippen LogP contribution in [0.5, 0.6) is 0 Å². The summed E-state index contributed by atoms with van der Waals surface area (Å²) in [6.07, 6.45) is -4.83. The lowest BCUT2D eigenvalue weighted by atomic mass is 9.96. The molecule has 3 atom stereocenters. The highest BCUT2D eigenvalue weighted by Crippen LogP contribution is 2.53. The lowest BCUT2D eigenvalue weighted by Crippen LogP contribution is -2.29. The average molecular weight is 554 g/mol. The fourth-order valence-corrected chi connectivity index (χ4v) is 5.85. The van der Waals surface area contributed by atoms with E-state index in [1.807, 2.05) is 54.6 Å². The van der Waals surface area contributed by atoms with E-state index in [0.29, 0.717) is 35.0 Å². The Bertz CT molecular complexity index is 1550. The number of benzene rings is 2. The monoisotopic (exact) mass is 553 g/mol. The van der Waals surface area contributed by atoms with Gasteiger partial charge >= 0.3 is 12.2 Å². The molecule has 200 valence electrons. The molecule has 8 nitrogen and oxygen atoms in total. The van der Waals surface area contributed by atoms with Gasteiger partial charge in [-0.1, -0.05) is 59.7 Å². The summed E-state index contributed by atoms with van der Waals surface area (Å²) in [5, 5.41) is 9.82. The van der Waals surface area contributed by atoms with Gasteiger partial charge < -0.3 is 14.5 Å². The maximum absolute atomic E-state index is 13.5. The van der Waals surface area contributed by atoms with E-state index in [2.05, 4.69) is 20.5 Å². The van der Waals surface area contributed by atoms with Crippen molar-refractivity contribution in [1.29, 1.82) is 0 Å². The lowest BCUT2D eigenvalue weighted by molar-refractivity contribution is -0.137. The highest BCUT2D eigenvalue weighted by Gasteiger charge is 2.45. The number of hydrogen-bond acceptors (Lipinski definition) is 9. The van der Waals surface area contributed by atoms with Crippen LogP contribution in [0, 0.1) is 5.92 Å². The summed E-state index contributed by atoms with van der Waals surface area (Å²) in [5.74, 6) is -0.398. The summed E-state index contributed by atoms with van der Waals surface area (Å²) in [6, 6.07) is 16.9. The Kier molecular flexibility index (Phi) is 6.51. The minimum Gasteiger partial charge on any atom is -0.402 e. The van der Waals surface area contributed by atoms with Crippen LogP contribution < -0.4 is 5.32 Å². The van der Waals surface area contributed by atoms with Gasteiger partial charge in [0.1, 0.15) is 5.69 Å². The normalized spacial score (nSPS) is 20.8. The third kappa shape index (κ3) is 5.09. The molecule has 0 unspecified atom stereocenters. The molecule has 2 aliphatic rings. The van der Waals surface area contributed by atoms with Crippen LogP contribution in [0.1, 0.15) is 38.9 Å². The second kappa shape index (κ2) is 10.0. The number of fused-ring (bicyclic) bond motifs is 1. The molecule has 1 saturated carbocycles. The molecule has 2 aromatic heterocycles. The molecule has 0 bridgehead atoms. The van der Waals surface area contributed by atoms with E-state index in [1.54, 1.807) is 7.11 Å². The number of Topliss-reactive ketones (excluding diaryl/α,β-unsaturated/α-hetero) is 1. The Morgan fingerprint density at radius 3 is 2.64 bits per heavy atom. The number of aliphatic imine (C=N–C) groups is 1. The van der Waals surface area contributed by atoms with Crippen molar-refractivity contribution in [3.63, 3.8) is 0 Å². The zero-order chi connectivity index (χ0) is 27.1. The molecule has 0 radical (unpaired) electrons. The van der Waals surface area contributed by atoms with Crippen molar-refractivity contribution in [2.24, 2.45) is 10.9 Å². The molecule has 1 fully saturated rings. The van der Waals surface area contributed by atoms with E-state index < -0.39 is 17.3 Å². The summed E-state index contributed by atoms with van der Waals surface area (Å²) in [4.78, 5) is 22.2. The quantitative estimate of drug-likeness (QED) is 0.329.